The number of methoxy groups -OCH3 is 1. The SMILES string of the molecule is COc1ccc(-c2nnc(SC(C)C(=O)Nc3ccc(C)c(F)c3)o2)cc1. The summed E-state index contributed by atoms with van der Waals surface area (Å²) in [5.74, 6) is 0.431. The van der Waals surface area contributed by atoms with Gasteiger partial charge in [0.1, 0.15) is 11.6 Å². The summed E-state index contributed by atoms with van der Waals surface area (Å²) in [5.41, 5.74) is 1.68. The number of aryl methyl sites for hydroxylation is 1. The molecule has 0 spiro atoms. The number of aromatic nitrogens is 2. The zero-order valence-corrected chi connectivity index (χ0v) is 15.8. The maximum absolute atomic E-state index is 13.6. The van der Waals surface area contributed by atoms with Crippen LogP contribution in [0.4, 0.5) is 10.1 Å². The van der Waals surface area contributed by atoms with Crippen molar-refractivity contribution in [2.24, 2.45) is 0 Å². The summed E-state index contributed by atoms with van der Waals surface area (Å²) in [4.78, 5) is 12.3. The molecule has 1 aromatic heterocycles. The monoisotopic (exact) mass is 387 g/mol. The van der Waals surface area contributed by atoms with Crippen molar-refractivity contribution < 1.29 is 18.3 Å². The van der Waals surface area contributed by atoms with Gasteiger partial charge < -0.3 is 14.5 Å². The number of hydrogen-bond donors (Lipinski definition) is 1. The molecule has 0 fully saturated rings. The van der Waals surface area contributed by atoms with Crippen LogP contribution in [0.1, 0.15) is 12.5 Å². The molecule has 0 radical (unpaired) electrons. The van der Waals surface area contributed by atoms with E-state index in [0.717, 1.165) is 23.1 Å². The Hall–Kier alpha value is -2.87. The van der Waals surface area contributed by atoms with Crippen LogP contribution in [0.15, 0.2) is 52.1 Å². The smallest absolute Gasteiger partial charge is 0.277 e. The van der Waals surface area contributed by atoms with Crippen LogP contribution in [0.5, 0.6) is 5.75 Å². The van der Waals surface area contributed by atoms with E-state index < -0.39 is 5.25 Å². The van der Waals surface area contributed by atoms with Gasteiger partial charge in [0.15, 0.2) is 0 Å². The van der Waals surface area contributed by atoms with E-state index in [1.54, 1.807) is 45.2 Å². The van der Waals surface area contributed by atoms with Crippen LogP contribution in [0.2, 0.25) is 0 Å². The number of ether oxygens (including phenoxy) is 1. The summed E-state index contributed by atoms with van der Waals surface area (Å²) in [7, 11) is 1.59. The third kappa shape index (κ3) is 4.65. The van der Waals surface area contributed by atoms with Gasteiger partial charge in [-0.3, -0.25) is 4.79 Å². The number of amides is 1. The summed E-state index contributed by atoms with van der Waals surface area (Å²) < 4.78 is 24.3. The molecule has 0 aliphatic carbocycles. The van der Waals surface area contributed by atoms with Crippen molar-refractivity contribution in [3.63, 3.8) is 0 Å². The Bertz CT molecular complexity index is 944. The Morgan fingerprint density at radius 2 is 1.96 bits per heavy atom. The summed E-state index contributed by atoms with van der Waals surface area (Å²) in [6.07, 6.45) is 0. The Morgan fingerprint density at radius 3 is 2.63 bits per heavy atom. The van der Waals surface area contributed by atoms with Gasteiger partial charge in [-0.05, 0) is 55.8 Å². The maximum Gasteiger partial charge on any atom is 0.277 e. The lowest BCUT2D eigenvalue weighted by molar-refractivity contribution is -0.115. The largest absolute Gasteiger partial charge is 0.497 e. The molecule has 1 N–H and O–H groups in total. The number of anilines is 1. The van der Waals surface area contributed by atoms with E-state index >= 15 is 0 Å². The molecular formula is C19H18FN3O3S. The van der Waals surface area contributed by atoms with Crippen LogP contribution in [-0.2, 0) is 4.79 Å². The Morgan fingerprint density at radius 1 is 1.22 bits per heavy atom. The highest BCUT2D eigenvalue weighted by Crippen LogP contribution is 2.27. The Balaban J connectivity index is 1.63. The second-order valence-corrected chi connectivity index (χ2v) is 7.11. The highest BCUT2D eigenvalue weighted by Gasteiger charge is 2.19. The summed E-state index contributed by atoms with van der Waals surface area (Å²) in [6, 6.07) is 11.8. The molecule has 0 bridgehead atoms. The van der Waals surface area contributed by atoms with Gasteiger partial charge in [-0.15, -0.1) is 10.2 Å². The highest BCUT2D eigenvalue weighted by molar-refractivity contribution is 8.00. The van der Waals surface area contributed by atoms with E-state index in [2.05, 4.69) is 15.5 Å². The van der Waals surface area contributed by atoms with Crippen molar-refractivity contribution in [2.45, 2.75) is 24.3 Å². The summed E-state index contributed by atoms with van der Waals surface area (Å²) >= 11 is 1.13. The fourth-order valence-electron chi connectivity index (χ4n) is 2.23. The molecule has 27 heavy (non-hydrogen) atoms. The number of nitrogens with zero attached hydrogens (tertiary/aromatic N) is 2. The molecule has 8 heteroatoms. The minimum absolute atomic E-state index is 0.276. The fourth-order valence-corrected chi connectivity index (χ4v) is 2.91. The topological polar surface area (TPSA) is 77.2 Å². The molecule has 1 heterocycles. The highest BCUT2D eigenvalue weighted by atomic mass is 32.2. The lowest BCUT2D eigenvalue weighted by Crippen LogP contribution is -2.22. The van der Waals surface area contributed by atoms with Crippen LogP contribution < -0.4 is 10.1 Å². The average Bonchev–Trinajstić information content (AvgIpc) is 3.13. The second-order valence-electron chi connectivity index (χ2n) is 5.81. The second kappa shape index (κ2) is 8.22. The van der Waals surface area contributed by atoms with Gasteiger partial charge in [0.25, 0.3) is 5.22 Å². The minimum Gasteiger partial charge on any atom is -0.497 e. The van der Waals surface area contributed by atoms with Crippen molar-refractivity contribution in [1.29, 1.82) is 0 Å². The van der Waals surface area contributed by atoms with Gasteiger partial charge in [-0.25, -0.2) is 4.39 Å². The zero-order chi connectivity index (χ0) is 19.4. The molecule has 0 aliphatic rings. The molecule has 1 amide bonds. The molecule has 1 atom stereocenters. The van der Waals surface area contributed by atoms with E-state index in [1.165, 1.54) is 6.07 Å². The van der Waals surface area contributed by atoms with E-state index in [0.29, 0.717) is 17.1 Å². The van der Waals surface area contributed by atoms with Crippen molar-refractivity contribution in [3.8, 4) is 17.2 Å². The Kier molecular flexibility index (Phi) is 5.75. The standard InChI is InChI=1S/C19H18FN3O3S/c1-11-4-7-14(10-16(11)20)21-17(24)12(2)27-19-23-22-18(26-19)13-5-8-15(25-3)9-6-13/h4-10,12H,1-3H3,(H,21,24). The molecule has 2 aromatic carbocycles. The van der Waals surface area contributed by atoms with Gasteiger partial charge in [0, 0.05) is 11.3 Å². The molecule has 0 saturated heterocycles. The first kappa shape index (κ1) is 18.9. The minimum atomic E-state index is -0.501. The van der Waals surface area contributed by atoms with Crippen molar-refractivity contribution in [3.05, 3.63) is 53.8 Å². The predicted octanol–water partition coefficient (Wildman–Crippen LogP) is 4.31. The number of rotatable bonds is 6. The molecule has 3 rings (SSSR count). The fraction of sp³-hybridized carbons (Fsp3) is 0.211. The normalized spacial score (nSPS) is 11.9. The van der Waals surface area contributed by atoms with Crippen LogP contribution in [-0.4, -0.2) is 28.5 Å². The molecule has 6 nitrogen and oxygen atoms in total. The first-order valence-corrected chi connectivity index (χ1v) is 9.06. The number of nitrogens with one attached hydrogen (secondary N) is 1. The number of carbonyl (C=O) groups excluding carboxylic acids is 1. The molecule has 0 saturated carbocycles. The quantitative estimate of drug-likeness (QED) is 0.635. The zero-order valence-electron chi connectivity index (χ0n) is 15.0. The van der Waals surface area contributed by atoms with E-state index in [4.69, 9.17) is 9.15 Å². The molecular weight excluding hydrogens is 369 g/mol. The summed E-state index contributed by atoms with van der Waals surface area (Å²) in [5, 5.41) is 10.4. The van der Waals surface area contributed by atoms with E-state index in [-0.39, 0.29) is 16.9 Å². The van der Waals surface area contributed by atoms with Gasteiger partial charge in [-0.2, -0.15) is 0 Å². The maximum atomic E-state index is 13.6. The van der Waals surface area contributed by atoms with Gasteiger partial charge in [0.05, 0.1) is 12.4 Å². The van der Waals surface area contributed by atoms with Crippen LogP contribution in [0.25, 0.3) is 11.5 Å². The third-order valence-electron chi connectivity index (χ3n) is 3.83. The van der Waals surface area contributed by atoms with Crippen molar-refractivity contribution >= 4 is 23.4 Å². The van der Waals surface area contributed by atoms with Crippen LogP contribution >= 0.6 is 11.8 Å². The Labute approximate surface area is 160 Å². The lowest BCUT2D eigenvalue weighted by atomic mass is 10.2. The van der Waals surface area contributed by atoms with Gasteiger partial charge >= 0.3 is 0 Å². The van der Waals surface area contributed by atoms with E-state index in [1.807, 2.05) is 12.1 Å². The molecule has 3 aromatic rings. The number of carbonyl (C=O) groups is 1. The number of thioether (sulfide) groups is 1. The van der Waals surface area contributed by atoms with Crippen molar-refractivity contribution in [2.75, 3.05) is 12.4 Å². The van der Waals surface area contributed by atoms with Crippen LogP contribution in [0.3, 0.4) is 0 Å². The summed E-state index contributed by atoms with van der Waals surface area (Å²) in [6.45, 7) is 3.37. The lowest BCUT2D eigenvalue weighted by Gasteiger charge is -2.10. The molecule has 1 unspecified atom stereocenters. The van der Waals surface area contributed by atoms with E-state index in [9.17, 15) is 9.18 Å². The van der Waals surface area contributed by atoms with Crippen molar-refractivity contribution in [1.82, 2.24) is 10.2 Å². The molecule has 140 valence electrons. The van der Waals surface area contributed by atoms with Gasteiger partial charge in [0.2, 0.25) is 11.8 Å². The number of halogens is 1. The number of hydrogen-bond acceptors (Lipinski definition) is 6. The van der Waals surface area contributed by atoms with Gasteiger partial charge in [-0.1, -0.05) is 17.8 Å². The van der Waals surface area contributed by atoms with Crippen LogP contribution in [0, 0.1) is 12.7 Å². The first-order chi connectivity index (χ1) is 13.0. The number of benzene rings is 2. The molecule has 0 aliphatic heterocycles. The predicted molar refractivity (Wildman–Crippen MR) is 101 cm³/mol. The average molecular weight is 387 g/mol. The third-order valence-corrected chi connectivity index (χ3v) is 4.76. The first-order valence-electron chi connectivity index (χ1n) is 8.18.